The molecule has 1 rings (SSSR count). The highest BCUT2D eigenvalue weighted by Crippen LogP contribution is 2.24. The normalized spacial score (nSPS) is 39.1. The second-order valence-corrected chi connectivity index (χ2v) is 3.01. The van der Waals surface area contributed by atoms with Crippen LogP contribution in [0.1, 0.15) is 13.8 Å². The van der Waals surface area contributed by atoms with Crippen LogP contribution in [0.15, 0.2) is 0 Å². The Kier molecular flexibility index (Phi) is 3.24. The molecule has 5 heteroatoms. The van der Waals surface area contributed by atoms with Crippen molar-refractivity contribution in [2.24, 2.45) is 0 Å². The lowest BCUT2D eigenvalue weighted by Gasteiger charge is -2.18. The Labute approximate surface area is 76.6 Å². The maximum atomic E-state index is 10.7. The van der Waals surface area contributed by atoms with E-state index in [1.807, 2.05) is 0 Å². The Morgan fingerprint density at radius 2 is 2.15 bits per heavy atom. The summed E-state index contributed by atoms with van der Waals surface area (Å²) in [7, 11) is 1.44. The summed E-state index contributed by atoms with van der Waals surface area (Å²) in [4.78, 5) is 10.7. The zero-order valence-corrected chi connectivity index (χ0v) is 7.89. The molecule has 13 heavy (non-hydrogen) atoms. The van der Waals surface area contributed by atoms with Crippen LogP contribution in [-0.2, 0) is 19.0 Å². The number of hydrogen-bond donors (Lipinski definition) is 1. The van der Waals surface area contributed by atoms with Gasteiger partial charge < -0.3 is 19.3 Å². The molecular weight excluding hydrogens is 176 g/mol. The number of carbonyl (C=O) groups is 1. The van der Waals surface area contributed by atoms with Crippen molar-refractivity contribution < 1.29 is 24.1 Å². The van der Waals surface area contributed by atoms with Gasteiger partial charge >= 0.3 is 5.97 Å². The number of aliphatic hydroxyl groups is 1. The smallest absolute Gasteiger partial charge is 0.303 e. The molecule has 1 aliphatic heterocycles. The molecule has 4 atom stereocenters. The minimum atomic E-state index is -0.825. The molecule has 0 aromatic heterocycles. The van der Waals surface area contributed by atoms with Crippen molar-refractivity contribution in [1.82, 2.24) is 0 Å². The van der Waals surface area contributed by atoms with Gasteiger partial charge in [0.05, 0.1) is 6.10 Å². The van der Waals surface area contributed by atoms with E-state index in [9.17, 15) is 9.90 Å². The molecule has 0 saturated carbocycles. The first-order valence-corrected chi connectivity index (χ1v) is 4.09. The van der Waals surface area contributed by atoms with E-state index in [4.69, 9.17) is 14.2 Å². The molecule has 76 valence electrons. The molecule has 0 bridgehead atoms. The van der Waals surface area contributed by atoms with Crippen molar-refractivity contribution in [3.8, 4) is 0 Å². The number of carbonyl (C=O) groups excluding carboxylic acids is 1. The molecule has 5 nitrogen and oxygen atoms in total. The number of hydrogen-bond acceptors (Lipinski definition) is 5. The van der Waals surface area contributed by atoms with Crippen LogP contribution in [0, 0.1) is 0 Å². The minimum Gasteiger partial charge on any atom is -0.454 e. The van der Waals surface area contributed by atoms with Gasteiger partial charge in [0.1, 0.15) is 6.10 Å². The third kappa shape index (κ3) is 2.18. The van der Waals surface area contributed by atoms with Crippen LogP contribution in [0.25, 0.3) is 0 Å². The first-order valence-electron chi connectivity index (χ1n) is 4.09. The van der Waals surface area contributed by atoms with Crippen molar-refractivity contribution in [3.05, 3.63) is 0 Å². The summed E-state index contributed by atoms with van der Waals surface area (Å²) in [5.41, 5.74) is 0. The van der Waals surface area contributed by atoms with E-state index in [1.54, 1.807) is 6.92 Å². The molecule has 1 fully saturated rings. The van der Waals surface area contributed by atoms with E-state index < -0.39 is 24.5 Å². The Bertz CT molecular complexity index is 193. The maximum Gasteiger partial charge on any atom is 0.303 e. The number of esters is 1. The Balaban J connectivity index is 2.62. The van der Waals surface area contributed by atoms with Crippen LogP contribution in [-0.4, -0.2) is 42.8 Å². The molecule has 1 saturated heterocycles. The van der Waals surface area contributed by atoms with E-state index >= 15 is 0 Å². The quantitative estimate of drug-likeness (QED) is 0.604. The molecule has 0 aromatic rings. The number of rotatable bonds is 2. The van der Waals surface area contributed by atoms with Gasteiger partial charge in [0, 0.05) is 14.0 Å². The van der Waals surface area contributed by atoms with E-state index in [0.29, 0.717) is 0 Å². The van der Waals surface area contributed by atoms with Crippen LogP contribution in [0.3, 0.4) is 0 Å². The number of aliphatic hydroxyl groups excluding tert-OH is 1. The lowest BCUT2D eigenvalue weighted by Crippen LogP contribution is -2.36. The Morgan fingerprint density at radius 3 is 2.62 bits per heavy atom. The van der Waals surface area contributed by atoms with Crippen LogP contribution < -0.4 is 0 Å². The summed E-state index contributed by atoms with van der Waals surface area (Å²) >= 11 is 0. The van der Waals surface area contributed by atoms with Gasteiger partial charge in [-0.15, -0.1) is 0 Å². The van der Waals surface area contributed by atoms with Crippen molar-refractivity contribution in [1.29, 1.82) is 0 Å². The molecule has 0 unspecified atom stereocenters. The zero-order chi connectivity index (χ0) is 10.0. The first-order chi connectivity index (χ1) is 6.06. The Hall–Kier alpha value is -0.650. The molecule has 1 aliphatic rings. The van der Waals surface area contributed by atoms with Gasteiger partial charge in [0.2, 0.25) is 0 Å². The van der Waals surface area contributed by atoms with Crippen LogP contribution in [0.4, 0.5) is 0 Å². The molecule has 0 aliphatic carbocycles. The topological polar surface area (TPSA) is 65.0 Å². The standard InChI is InChI=1S/C8H14O5/c1-4-6(10)7(13-5(2)9)8(11-3)12-4/h4,6-8,10H,1-3H3/t4-,6-,7+,8-/m1/s1. The van der Waals surface area contributed by atoms with Crippen molar-refractivity contribution in [3.63, 3.8) is 0 Å². The van der Waals surface area contributed by atoms with E-state index in [-0.39, 0.29) is 6.10 Å². The SMILES string of the molecule is CO[C@@H]1O[C@H](C)[C@@H](O)[C@@H]1OC(C)=O. The molecule has 1 heterocycles. The monoisotopic (exact) mass is 190 g/mol. The molecule has 0 amide bonds. The third-order valence-corrected chi connectivity index (χ3v) is 1.97. The molecular formula is C8H14O5. The van der Waals surface area contributed by atoms with Gasteiger partial charge in [-0.25, -0.2) is 0 Å². The number of ether oxygens (including phenoxy) is 3. The van der Waals surface area contributed by atoms with Gasteiger partial charge in [-0.2, -0.15) is 0 Å². The summed E-state index contributed by atoms with van der Waals surface area (Å²) in [5, 5.41) is 9.53. The van der Waals surface area contributed by atoms with Crippen LogP contribution in [0.5, 0.6) is 0 Å². The predicted molar refractivity (Wildman–Crippen MR) is 42.9 cm³/mol. The van der Waals surface area contributed by atoms with Gasteiger partial charge in [0.25, 0.3) is 0 Å². The highest BCUT2D eigenvalue weighted by molar-refractivity contribution is 5.66. The summed E-state index contributed by atoms with van der Waals surface area (Å²) in [6.45, 7) is 2.97. The van der Waals surface area contributed by atoms with Gasteiger partial charge in [-0.05, 0) is 6.92 Å². The minimum absolute atomic E-state index is 0.380. The molecule has 1 N–H and O–H groups in total. The molecule has 0 spiro atoms. The Morgan fingerprint density at radius 1 is 1.54 bits per heavy atom. The van der Waals surface area contributed by atoms with E-state index in [2.05, 4.69) is 0 Å². The number of methoxy groups -OCH3 is 1. The lowest BCUT2D eigenvalue weighted by molar-refractivity contribution is -0.177. The average molecular weight is 190 g/mol. The highest BCUT2D eigenvalue weighted by Gasteiger charge is 2.43. The van der Waals surface area contributed by atoms with Crippen LogP contribution >= 0.6 is 0 Å². The fourth-order valence-corrected chi connectivity index (χ4v) is 1.30. The summed E-state index contributed by atoms with van der Waals surface area (Å²) in [6.07, 6.45) is -2.60. The van der Waals surface area contributed by atoms with Crippen molar-refractivity contribution in [2.75, 3.05) is 7.11 Å². The average Bonchev–Trinajstić information content (AvgIpc) is 2.31. The largest absolute Gasteiger partial charge is 0.454 e. The van der Waals surface area contributed by atoms with Crippen molar-refractivity contribution in [2.45, 2.75) is 38.4 Å². The molecule has 0 radical (unpaired) electrons. The fraction of sp³-hybridized carbons (Fsp3) is 0.875. The summed E-state index contributed by atoms with van der Waals surface area (Å²) < 4.78 is 15.0. The van der Waals surface area contributed by atoms with Crippen LogP contribution in [0.2, 0.25) is 0 Å². The second-order valence-electron chi connectivity index (χ2n) is 3.01. The van der Waals surface area contributed by atoms with Crippen molar-refractivity contribution >= 4 is 5.97 Å². The predicted octanol–water partition coefficient (Wildman–Crippen LogP) is -0.330. The zero-order valence-electron chi connectivity index (χ0n) is 7.89. The van der Waals surface area contributed by atoms with Gasteiger partial charge in [-0.3, -0.25) is 4.79 Å². The van der Waals surface area contributed by atoms with E-state index in [0.717, 1.165) is 0 Å². The highest BCUT2D eigenvalue weighted by atomic mass is 16.7. The van der Waals surface area contributed by atoms with Gasteiger partial charge in [-0.1, -0.05) is 0 Å². The first kappa shape index (κ1) is 10.4. The van der Waals surface area contributed by atoms with Gasteiger partial charge in [0.15, 0.2) is 12.4 Å². The maximum absolute atomic E-state index is 10.7. The summed E-state index contributed by atoms with van der Waals surface area (Å²) in [6, 6.07) is 0. The fourth-order valence-electron chi connectivity index (χ4n) is 1.30. The summed E-state index contributed by atoms with van der Waals surface area (Å²) in [5.74, 6) is -0.455. The second kappa shape index (κ2) is 4.04. The third-order valence-electron chi connectivity index (χ3n) is 1.97. The van der Waals surface area contributed by atoms with E-state index in [1.165, 1.54) is 14.0 Å². The lowest BCUT2D eigenvalue weighted by atomic mass is 10.1. The molecule has 0 aromatic carbocycles.